The molecule has 0 saturated heterocycles. The molecule has 0 spiro atoms. The van der Waals surface area contributed by atoms with Crippen molar-refractivity contribution in [3.05, 3.63) is 49.4 Å². The van der Waals surface area contributed by atoms with E-state index in [1.165, 1.54) is 7.11 Å². The number of ether oxygens (including phenoxy) is 2. The number of methoxy groups -OCH3 is 1. The van der Waals surface area contributed by atoms with E-state index in [1.54, 1.807) is 12.1 Å². The number of hydrogen-bond donors (Lipinski definition) is 2. The number of rotatable bonds is 2. The number of allylic oxidation sites excluding steroid dienone is 1. The summed E-state index contributed by atoms with van der Waals surface area (Å²) >= 11 is 6.60. The van der Waals surface area contributed by atoms with Crippen molar-refractivity contribution in [1.29, 1.82) is 5.26 Å². The predicted molar refractivity (Wildman–Crippen MR) is 91.3 cm³/mol. The van der Waals surface area contributed by atoms with Crippen molar-refractivity contribution >= 4 is 31.9 Å². The van der Waals surface area contributed by atoms with E-state index >= 15 is 0 Å². The summed E-state index contributed by atoms with van der Waals surface area (Å²) in [6.07, 6.45) is -4.73. The van der Waals surface area contributed by atoms with Crippen molar-refractivity contribution in [3.8, 4) is 17.7 Å². The molecule has 0 aliphatic carbocycles. The van der Waals surface area contributed by atoms with Gasteiger partial charge in [-0.2, -0.15) is 18.4 Å². The van der Waals surface area contributed by atoms with Gasteiger partial charge in [0.1, 0.15) is 23.1 Å². The van der Waals surface area contributed by atoms with Gasteiger partial charge in [-0.25, -0.2) is 0 Å². The number of fused-ring (bicyclic) bond motifs is 1. The first kappa shape index (κ1) is 18.6. The standard InChI is InChI=1S/C15H9Br2F3N4O2/c1-25-11-6(2-5(16)3-8(11)17)9-7(4-21)13(22)26-14-10(9)12(23-24-14)15(18,19)20/h2-3,9H,22H2,1H3,(H,23,24). The van der Waals surface area contributed by atoms with E-state index in [4.69, 9.17) is 15.2 Å². The Morgan fingerprint density at radius 2 is 2.08 bits per heavy atom. The highest BCUT2D eigenvalue weighted by atomic mass is 79.9. The van der Waals surface area contributed by atoms with Gasteiger partial charge in [0.15, 0.2) is 0 Å². The number of nitrogens with two attached hydrogens (primary N) is 1. The van der Waals surface area contributed by atoms with Gasteiger partial charge in [0.25, 0.3) is 0 Å². The third-order valence-electron chi connectivity index (χ3n) is 3.77. The van der Waals surface area contributed by atoms with Crippen LogP contribution in [0.3, 0.4) is 0 Å². The molecule has 0 amide bonds. The second-order valence-electron chi connectivity index (χ2n) is 5.25. The zero-order chi connectivity index (χ0) is 19.2. The lowest BCUT2D eigenvalue weighted by molar-refractivity contribution is -0.141. The second kappa shape index (κ2) is 6.51. The molecular formula is C15H9Br2F3N4O2. The maximum Gasteiger partial charge on any atom is 0.433 e. The van der Waals surface area contributed by atoms with Gasteiger partial charge >= 0.3 is 6.18 Å². The lowest BCUT2D eigenvalue weighted by Gasteiger charge is -2.26. The van der Waals surface area contributed by atoms with Gasteiger partial charge in [-0.15, -0.1) is 5.10 Å². The minimum atomic E-state index is -4.73. The summed E-state index contributed by atoms with van der Waals surface area (Å²) in [5, 5.41) is 15.0. The quantitative estimate of drug-likeness (QED) is 0.654. The van der Waals surface area contributed by atoms with E-state index in [0.29, 0.717) is 14.5 Å². The maximum absolute atomic E-state index is 13.5. The van der Waals surface area contributed by atoms with Crippen molar-refractivity contribution in [2.24, 2.45) is 5.73 Å². The topological polar surface area (TPSA) is 96.9 Å². The summed E-state index contributed by atoms with van der Waals surface area (Å²) in [6.45, 7) is 0. The Labute approximate surface area is 162 Å². The molecular weight excluding hydrogens is 485 g/mol. The van der Waals surface area contributed by atoms with Gasteiger partial charge in [0.2, 0.25) is 11.8 Å². The van der Waals surface area contributed by atoms with Crippen LogP contribution < -0.4 is 15.2 Å². The Kier molecular flexibility index (Phi) is 4.66. The molecule has 26 heavy (non-hydrogen) atoms. The molecule has 0 bridgehead atoms. The third kappa shape index (κ3) is 2.93. The van der Waals surface area contributed by atoms with Crippen molar-refractivity contribution < 1.29 is 22.6 Å². The first-order chi connectivity index (χ1) is 12.2. The van der Waals surface area contributed by atoms with Crippen LogP contribution in [0.2, 0.25) is 0 Å². The van der Waals surface area contributed by atoms with Crippen LogP contribution >= 0.6 is 31.9 Å². The van der Waals surface area contributed by atoms with Crippen LogP contribution in [0.4, 0.5) is 13.2 Å². The minimum absolute atomic E-state index is 0.173. The van der Waals surface area contributed by atoms with Crippen molar-refractivity contribution in [3.63, 3.8) is 0 Å². The van der Waals surface area contributed by atoms with Gasteiger partial charge in [0.05, 0.1) is 23.1 Å². The molecule has 0 saturated carbocycles. The normalized spacial score (nSPS) is 16.7. The van der Waals surface area contributed by atoms with Crippen LogP contribution in [-0.4, -0.2) is 17.3 Å². The first-order valence-electron chi connectivity index (χ1n) is 6.95. The van der Waals surface area contributed by atoms with Gasteiger partial charge in [0, 0.05) is 10.0 Å². The number of nitrogens with zero attached hydrogens (tertiary/aromatic N) is 2. The largest absolute Gasteiger partial charge is 0.495 e. The number of hydrogen-bond acceptors (Lipinski definition) is 5. The summed E-state index contributed by atoms with van der Waals surface area (Å²) in [6, 6.07) is 5.06. The zero-order valence-corrected chi connectivity index (χ0v) is 16.1. The van der Waals surface area contributed by atoms with E-state index in [2.05, 4.69) is 37.0 Å². The summed E-state index contributed by atoms with van der Waals surface area (Å²) in [5.74, 6) is -1.57. The molecule has 1 aliphatic rings. The molecule has 1 aromatic carbocycles. The molecule has 136 valence electrons. The monoisotopic (exact) mass is 492 g/mol. The average molecular weight is 494 g/mol. The average Bonchev–Trinajstić information content (AvgIpc) is 2.96. The molecule has 1 aromatic heterocycles. The molecule has 11 heteroatoms. The van der Waals surface area contributed by atoms with E-state index in [-0.39, 0.29) is 28.6 Å². The number of alkyl halides is 3. The Bertz CT molecular complexity index is 963. The number of halogens is 5. The third-order valence-corrected chi connectivity index (χ3v) is 4.82. The molecule has 3 N–H and O–H groups in total. The van der Waals surface area contributed by atoms with Crippen molar-refractivity contribution in [1.82, 2.24) is 10.2 Å². The molecule has 2 aromatic rings. The molecule has 1 atom stereocenters. The Morgan fingerprint density at radius 1 is 1.38 bits per heavy atom. The van der Waals surface area contributed by atoms with E-state index in [0.717, 1.165) is 0 Å². The number of aromatic amines is 1. The second-order valence-corrected chi connectivity index (χ2v) is 7.02. The SMILES string of the molecule is COc1c(Br)cc(Br)cc1C1C(C#N)=C(N)Oc2n[nH]c(C(F)(F)F)c21. The smallest absolute Gasteiger partial charge is 0.433 e. The summed E-state index contributed by atoms with van der Waals surface area (Å²) < 4.78 is 51.9. The lowest BCUT2D eigenvalue weighted by Crippen LogP contribution is -2.23. The molecule has 1 aliphatic heterocycles. The van der Waals surface area contributed by atoms with Crippen molar-refractivity contribution in [2.75, 3.05) is 7.11 Å². The molecule has 1 unspecified atom stereocenters. The van der Waals surface area contributed by atoms with Crippen LogP contribution in [-0.2, 0) is 6.18 Å². The van der Waals surface area contributed by atoms with Gasteiger partial charge < -0.3 is 15.2 Å². The fourth-order valence-corrected chi connectivity index (χ4v) is 4.20. The van der Waals surface area contributed by atoms with Gasteiger partial charge in [-0.05, 0) is 28.1 Å². The molecule has 0 fully saturated rings. The zero-order valence-electron chi connectivity index (χ0n) is 12.9. The van der Waals surface area contributed by atoms with Crippen molar-refractivity contribution in [2.45, 2.75) is 12.1 Å². The fraction of sp³-hybridized carbons (Fsp3) is 0.200. The summed E-state index contributed by atoms with van der Waals surface area (Å²) in [7, 11) is 1.37. The fourth-order valence-electron chi connectivity index (χ4n) is 2.78. The molecule has 2 heterocycles. The van der Waals surface area contributed by atoms with Crippen LogP contribution in [0.25, 0.3) is 0 Å². The van der Waals surface area contributed by atoms with Gasteiger partial charge in [-0.1, -0.05) is 15.9 Å². The molecule has 3 rings (SSSR count). The highest BCUT2D eigenvalue weighted by Gasteiger charge is 2.45. The molecule has 0 radical (unpaired) electrons. The van der Waals surface area contributed by atoms with E-state index in [1.807, 2.05) is 11.2 Å². The predicted octanol–water partition coefficient (Wildman–Crippen LogP) is 4.18. The number of benzene rings is 1. The van der Waals surface area contributed by atoms with Crippen LogP contribution in [0.5, 0.6) is 11.6 Å². The van der Waals surface area contributed by atoms with E-state index in [9.17, 15) is 18.4 Å². The van der Waals surface area contributed by atoms with Gasteiger partial charge in [-0.3, -0.25) is 5.10 Å². The van der Waals surface area contributed by atoms with E-state index < -0.39 is 17.8 Å². The highest BCUT2D eigenvalue weighted by Crippen LogP contribution is 2.50. The highest BCUT2D eigenvalue weighted by molar-refractivity contribution is 9.11. The van der Waals surface area contributed by atoms with Crippen LogP contribution in [0, 0.1) is 11.3 Å². The Balaban J connectivity index is 2.37. The van der Waals surface area contributed by atoms with Crippen LogP contribution in [0.1, 0.15) is 22.7 Å². The Hall–Kier alpha value is -2.19. The Morgan fingerprint density at radius 3 is 2.65 bits per heavy atom. The number of nitrogens with one attached hydrogen (secondary N) is 1. The minimum Gasteiger partial charge on any atom is -0.495 e. The van der Waals surface area contributed by atoms with Crippen LogP contribution in [0.15, 0.2) is 32.5 Å². The summed E-state index contributed by atoms with van der Waals surface area (Å²) in [5.41, 5.74) is 4.43. The first-order valence-corrected chi connectivity index (χ1v) is 8.53. The lowest BCUT2D eigenvalue weighted by atomic mass is 9.83. The maximum atomic E-state index is 13.5. The molecule has 6 nitrogen and oxygen atoms in total. The number of nitriles is 1. The summed E-state index contributed by atoms with van der Waals surface area (Å²) in [4.78, 5) is 0. The number of H-pyrrole nitrogens is 1. The number of aromatic nitrogens is 2.